The van der Waals surface area contributed by atoms with E-state index in [2.05, 4.69) is 35.2 Å². The van der Waals surface area contributed by atoms with E-state index in [1.165, 1.54) is 5.57 Å². The van der Waals surface area contributed by atoms with Gasteiger partial charge in [-0.1, -0.05) is 42.5 Å². The van der Waals surface area contributed by atoms with Gasteiger partial charge in [-0.25, -0.2) is 0 Å². The monoisotopic (exact) mass is 377 g/mol. The predicted molar refractivity (Wildman–Crippen MR) is 111 cm³/mol. The molecule has 1 fully saturated rings. The lowest BCUT2D eigenvalue weighted by molar-refractivity contribution is -0.137. The average molecular weight is 377 g/mol. The van der Waals surface area contributed by atoms with Gasteiger partial charge in [0.25, 0.3) is 0 Å². The van der Waals surface area contributed by atoms with Crippen molar-refractivity contribution in [2.45, 2.75) is 32.1 Å². The first-order valence-electron chi connectivity index (χ1n) is 10.2. The lowest BCUT2D eigenvalue weighted by atomic mass is 9.91. The molecule has 2 aliphatic rings. The molecule has 2 aliphatic heterocycles. The summed E-state index contributed by atoms with van der Waals surface area (Å²) in [5.74, 6) is 1.74. The van der Waals surface area contributed by atoms with Crippen molar-refractivity contribution in [2.24, 2.45) is 5.92 Å². The molecule has 1 saturated heterocycles. The molecule has 28 heavy (non-hydrogen) atoms. The number of likely N-dealkylation sites (tertiary alicyclic amines) is 1. The molecule has 2 aromatic carbocycles. The molecule has 4 rings (SSSR count). The normalized spacial score (nSPS) is 16.8. The summed E-state index contributed by atoms with van der Waals surface area (Å²) >= 11 is 0. The molecule has 0 bridgehead atoms. The minimum absolute atomic E-state index is 0.303. The maximum Gasteiger partial charge on any atom is 0.303 e. The molecule has 0 radical (unpaired) electrons. The molecular weight excluding hydrogens is 350 g/mol. The van der Waals surface area contributed by atoms with Crippen LogP contribution >= 0.6 is 0 Å². The minimum atomic E-state index is -0.675. The summed E-state index contributed by atoms with van der Waals surface area (Å²) in [5, 5.41) is 8.85. The largest absolute Gasteiger partial charge is 0.481 e. The van der Waals surface area contributed by atoms with Gasteiger partial charge in [-0.3, -0.25) is 4.79 Å². The highest BCUT2D eigenvalue weighted by Crippen LogP contribution is 2.43. The lowest BCUT2D eigenvalue weighted by Gasteiger charge is -2.31. The van der Waals surface area contributed by atoms with Crippen LogP contribution < -0.4 is 4.74 Å². The zero-order valence-corrected chi connectivity index (χ0v) is 16.1. The number of carboxylic acid groups (broad SMARTS) is 1. The van der Waals surface area contributed by atoms with Gasteiger partial charge in [0.05, 0.1) is 0 Å². The van der Waals surface area contributed by atoms with E-state index in [1.54, 1.807) is 0 Å². The summed E-state index contributed by atoms with van der Waals surface area (Å²) in [6.07, 6.45) is 6.69. The first kappa shape index (κ1) is 18.8. The van der Waals surface area contributed by atoms with Crippen LogP contribution in [-0.2, 0) is 4.79 Å². The second kappa shape index (κ2) is 8.61. The zero-order chi connectivity index (χ0) is 19.3. The third-order valence-corrected chi connectivity index (χ3v) is 5.84. The number of hydrogen-bond acceptors (Lipinski definition) is 3. The van der Waals surface area contributed by atoms with E-state index < -0.39 is 5.97 Å². The summed E-state index contributed by atoms with van der Waals surface area (Å²) < 4.78 is 6.06. The number of carbonyl (C=O) groups is 1. The van der Waals surface area contributed by atoms with Crippen LogP contribution in [0.2, 0.25) is 0 Å². The SMILES string of the molecule is O=C(O)CCC1CCN(CCC=C2c3ccccc3Oc3ccccc32)CC1. The molecule has 0 atom stereocenters. The van der Waals surface area contributed by atoms with Crippen LogP contribution in [0.15, 0.2) is 54.6 Å². The fraction of sp³-hybridized carbons (Fsp3) is 0.375. The van der Waals surface area contributed by atoms with Crippen molar-refractivity contribution in [3.05, 3.63) is 65.7 Å². The van der Waals surface area contributed by atoms with Crippen molar-refractivity contribution in [3.8, 4) is 11.5 Å². The number of carboxylic acids is 1. The number of rotatable bonds is 6. The number of nitrogens with zero attached hydrogens (tertiary/aromatic N) is 1. The molecule has 4 heteroatoms. The van der Waals surface area contributed by atoms with Crippen molar-refractivity contribution in [1.29, 1.82) is 0 Å². The molecule has 0 spiro atoms. The van der Waals surface area contributed by atoms with Gasteiger partial charge in [-0.15, -0.1) is 0 Å². The Morgan fingerprint density at radius 3 is 2.25 bits per heavy atom. The van der Waals surface area contributed by atoms with E-state index in [0.717, 1.165) is 67.9 Å². The molecule has 4 nitrogen and oxygen atoms in total. The fourth-order valence-electron chi connectivity index (χ4n) is 4.26. The van der Waals surface area contributed by atoms with Gasteiger partial charge in [0.15, 0.2) is 0 Å². The van der Waals surface area contributed by atoms with Crippen molar-refractivity contribution >= 4 is 11.5 Å². The fourth-order valence-corrected chi connectivity index (χ4v) is 4.26. The Morgan fingerprint density at radius 1 is 1.04 bits per heavy atom. The van der Waals surface area contributed by atoms with E-state index in [0.29, 0.717) is 12.3 Å². The molecule has 0 amide bonds. The van der Waals surface area contributed by atoms with Gasteiger partial charge in [-0.05, 0) is 62.4 Å². The predicted octanol–water partition coefficient (Wildman–Crippen LogP) is 5.19. The second-order valence-corrected chi connectivity index (χ2v) is 7.72. The third kappa shape index (κ3) is 4.28. The van der Waals surface area contributed by atoms with E-state index in [4.69, 9.17) is 9.84 Å². The van der Waals surface area contributed by atoms with Gasteiger partial charge in [0.2, 0.25) is 0 Å². The van der Waals surface area contributed by atoms with Crippen molar-refractivity contribution in [1.82, 2.24) is 4.90 Å². The third-order valence-electron chi connectivity index (χ3n) is 5.84. The van der Waals surface area contributed by atoms with Crippen LogP contribution in [0.1, 0.15) is 43.2 Å². The average Bonchev–Trinajstić information content (AvgIpc) is 2.72. The van der Waals surface area contributed by atoms with E-state index in [1.807, 2.05) is 24.3 Å². The molecule has 2 aromatic rings. The maximum atomic E-state index is 10.7. The van der Waals surface area contributed by atoms with Crippen molar-refractivity contribution in [3.63, 3.8) is 0 Å². The Hall–Kier alpha value is -2.59. The molecular formula is C24H27NO3. The number of fused-ring (bicyclic) bond motifs is 2. The molecule has 1 N–H and O–H groups in total. The number of piperidine rings is 1. The lowest BCUT2D eigenvalue weighted by Crippen LogP contribution is -2.34. The first-order valence-corrected chi connectivity index (χ1v) is 10.2. The summed E-state index contributed by atoms with van der Waals surface area (Å²) in [4.78, 5) is 13.3. The van der Waals surface area contributed by atoms with E-state index >= 15 is 0 Å². The Balaban J connectivity index is 1.39. The standard InChI is InChI=1S/C24H27NO3/c26-24(27)12-11-18-13-16-25(17-14-18)15-5-8-19-20-6-1-3-9-22(20)28-23-10-4-2-7-21(19)23/h1-4,6-10,18H,5,11-17H2,(H,26,27). The quantitative estimate of drug-likeness (QED) is 0.642. The number of aliphatic carboxylic acids is 1. The Labute approximate surface area is 166 Å². The molecule has 146 valence electrons. The molecule has 0 saturated carbocycles. The highest BCUT2D eigenvalue weighted by molar-refractivity contribution is 5.87. The second-order valence-electron chi connectivity index (χ2n) is 7.72. The number of benzene rings is 2. The summed E-state index contributed by atoms with van der Waals surface area (Å²) in [6.45, 7) is 3.19. The van der Waals surface area contributed by atoms with Crippen molar-refractivity contribution in [2.75, 3.05) is 19.6 Å². The highest BCUT2D eigenvalue weighted by atomic mass is 16.5. The number of hydrogen-bond donors (Lipinski definition) is 1. The highest BCUT2D eigenvalue weighted by Gasteiger charge is 2.22. The van der Waals surface area contributed by atoms with Crippen LogP contribution in [0.5, 0.6) is 11.5 Å². The van der Waals surface area contributed by atoms with Gasteiger partial charge in [0, 0.05) is 24.1 Å². The smallest absolute Gasteiger partial charge is 0.303 e. The summed E-state index contributed by atoms with van der Waals surface area (Å²) in [7, 11) is 0. The van der Waals surface area contributed by atoms with Crippen LogP contribution in [0.4, 0.5) is 0 Å². The maximum absolute atomic E-state index is 10.7. The van der Waals surface area contributed by atoms with Crippen LogP contribution in [-0.4, -0.2) is 35.6 Å². The molecule has 0 unspecified atom stereocenters. The topological polar surface area (TPSA) is 49.8 Å². The number of para-hydroxylation sites is 2. The number of ether oxygens (including phenoxy) is 1. The Morgan fingerprint density at radius 2 is 1.64 bits per heavy atom. The molecule has 0 aromatic heterocycles. The molecule has 0 aliphatic carbocycles. The summed E-state index contributed by atoms with van der Waals surface area (Å²) in [5.41, 5.74) is 3.58. The minimum Gasteiger partial charge on any atom is -0.481 e. The summed E-state index contributed by atoms with van der Waals surface area (Å²) in [6, 6.07) is 16.5. The van der Waals surface area contributed by atoms with Gasteiger partial charge < -0.3 is 14.7 Å². The van der Waals surface area contributed by atoms with Crippen molar-refractivity contribution < 1.29 is 14.6 Å². The first-order chi connectivity index (χ1) is 13.7. The Bertz CT molecular complexity index is 818. The molecule has 2 heterocycles. The van der Waals surface area contributed by atoms with Crippen LogP contribution in [0, 0.1) is 5.92 Å². The van der Waals surface area contributed by atoms with Crippen LogP contribution in [0.3, 0.4) is 0 Å². The van der Waals surface area contributed by atoms with E-state index in [9.17, 15) is 4.79 Å². The van der Waals surface area contributed by atoms with Gasteiger partial charge in [-0.2, -0.15) is 0 Å². The Kier molecular flexibility index (Phi) is 5.77. The van der Waals surface area contributed by atoms with Gasteiger partial charge in [0.1, 0.15) is 11.5 Å². The van der Waals surface area contributed by atoms with E-state index in [-0.39, 0.29) is 0 Å². The van der Waals surface area contributed by atoms with Crippen LogP contribution in [0.25, 0.3) is 5.57 Å². The zero-order valence-electron chi connectivity index (χ0n) is 16.1. The van der Waals surface area contributed by atoms with Gasteiger partial charge >= 0.3 is 5.97 Å².